The number of halogens is 2. The molecule has 0 saturated carbocycles. The number of aryl methyl sites for hydroxylation is 1. The number of pyridine rings is 1. The summed E-state index contributed by atoms with van der Waals surface area (Å²) in [6.07, 6.45) is 3.04. The van der Waals surface area contributed by atoms with Crippen molar-refractivity contribution in [1.82, 2.24) is 30.0 Å². The maximum atomic E-state index is 14.0. The van der Waals surface area contributed by atoms with Gasteiger partial charge in [-0.3, -0.25) is 0 Å². The Morgan fingerprint density at radius 2 is 1.81 bits per heavy atom. The molecule has 166 valence electrons. The third-order valence-electron chi connectivity index (χ3n) is 5.98. The number of carbonyl (C=O) groups excluding carboxylic acids is 1. The van der Waals surface area contributed by atoms with Gasteiger partial charge in [0.2, 0.25) is 0 Å². The van der Waals surface area contributed by atoms with E-state index in [-0.39, 0.29) is 23.7 Å². The fourth-order valence-corrected chi connectivity index (χ4v) is 4.25. The van der Waals surface area contributed by atoms with E-state index in [1.807, 2.05) is 9.47 Å². The van der Waals surface area contributed by atoms with Crippen LogP contribution in [0.1, 0.15) is 12.2 Å². The van der Waals surface area contributed by atoms with Gasteiger partial charge in [-0.25, -0.2) is 18.6 Å². The molecule has 1 fully saturated rings. The first-order valence-corrected chi connectivity index (χ1v) is 10.7. The van der Waals surface area contributed by atoms with Crippen molar-refractivity contribution in [2.75, 3.05) is 31.1 Å². The van der Waals surface area contributed by atoms with Gasteiger partial charge in [-0.05, 0) is 42.8 Å². The quantitative estimate of drug-likeness (QED) is 0.678. The van der Waals surface area contributed by atoms with Crippen LogP contribution in [0.25, 0.3) is 11.4 Å². The number of urea groups is 1. The molecule has 1 saturated heterocycles. The lowest BCUT2D eigenvalue weighted by Crippen LogP contribution is -2.54. The summed E-state index contributed by atoms with van der Waals surface area (Å²) in [4.78, 5) is 20.6. The van der Waals surface area contributed by atoms with E-state index in [1.54, 1.807) is 29.3 Å². The monoisotopic (exact) mass is 439 g/mol. The largest absolute Gasteiger partial charge is 0.351 e. The second-order valence-electron chi connectivity index (χ2n) is 8.03. The zero-order valence-corrected chi connectivity index (χ0v) is 17.4. The van der Waals surface area contributed by atoms with Crippen molar-refractivity contribution in [3.63, 3.8) is 0 Å². The summed E-state index contributed by atoms with van der Waals surface area (Å²) < 4.78 is 29.2. The maximum Gasteiger partial charge on any atom is 0.317 e. The Labute approximate surface area is 183 Å². The van der Waals surface area contributed by atoms with Crippen molar-refractivity contribution in [2.24, 2.45) is 0 Å². The van der Waals surface area contributed by atoms with Crippen molar-refractivity contribution in [2.45, 2.75) is 25.4 Å². The number of benzene rings is 1. The smallest absolute Gasteiger partial charge is 0.317 e. The molecule has 2 aliphatic heterocycles. The van der Waals surface area contributed by atoms with Gasteiger partial charge in [0.15, 0.2) is 17.5 Å². The molecule has 4 heterocycles. The topological polar surface area (TPSA) is 79.2 Å². The van der Waals surface area contributed by atoms with Gasteiger partial charge in [-0.15, -0.1) is 10.2 Å². The average Bonchev–Trinajstić information content (AvgIpc) is 3.23. The van der Waals surface area contributed by atoms with Crippen molar-refractivity contribution in [3.05, 3.63) is 60.1 Å². The predicted molar refractivity (Wildman–Crippen MR) is 114 cm³/mol. The summed E-state index contributed by atoms with van der Waals surface area (Å²) >= 11 is 0. The van der Waals surface area contributed by atoms with E-state index in [4.69, 9.17) is 0 Å². The molecule has 2 amide bonds. The number of carbonyl (C=O) groups is 1. The Balaban J connectivity index is 1.20. The molecule has 1 N–H and O–H groups in total. The van der Waals surface area contributed by atoms with Gasteiger partial charge < -0.3 is 19.7 Å². The first kappa shape index (κ1) is 20.3. The standard InChI is InChI=1S/C22H23F2N7O/c23-16-5-3-15(4-6-16)20-28-27-19-8-7-17(14-31(19)20)26-22(32)30-12-10-29(11-13-30)21-18(24)2-1-9-25-21/h1-6,9,17H,7-8,10-14H2,(H,26,32). The van der Waals surface area contributed by atoms with Gasteiger partial charge >= 0.3 is 6.03 Å². The summed E-state index contributed by atoms with van der Waals surface area (Å²) in [5.41, 5.74) is 0.787. The Bertz CT molecular complexity index is 1110. The molecule has 2 aromatic heterocycles. The van der Waals surface area contributed by atoms with E-state index in [2.05, 4.69) is 20.5 Å². The molecule has 0 bridgehead atoms. The highest BCUT2D eigenvalue weighted by molar-refractivity contribution is 5.75. The Morgan fingerprint density at radius 3 is 2.56 bits per heavy atom. The van der Waals surface area contributed by atoms with Crippen LogP contribution >= 0.6 is 0 Å². The lowest BCUT2D eigenvalue weighted by Gasteiger charge is -2.36. The molecule has 0 spiro atoms. The molecular weight excluding hydrogens is 416 g/mol. The fourth-order valence-electron chi connectivity index (χ4n) is 4.25. The van der Waals surface area contributed by atoms with Gasteiger partial charge in [0.05, 0.1) is 0 Å². The lowest BCUT2D eigenvalue weighted by atomic mass is 10.1. The summed E-state index contributed by atoms with van der Waals surface area (Å²) in [6, 6.07) is 8.93. The van der Waals surface area contributed by atoms with E-state index < -0.39 is 0 Å². The maximum absolute atomic E-state index is 14.0. The Hall–Kier alpha value is -3.56. The minimum Gasteiger partial charge on any atom is -0.351 e. The van der Waals surface area contributed by atoms with Gasteiger partial charge in [0, 0.05) is 56.9 Å². The zero-order valence-electron chi connectivity index (χ0n) is 17.4. The van der Waals surface area contributed by atoms with Crippen molar-refractivity contribution in [1.29, 1.82) is 0 Å². The fraction of sp³-hybridized carbons (Fsp3) is 0.364. The zero-order chi connectivity index (χ0) is 22.1. The minimum absolute atomic E-state index is 0.0588. The lowest BCUT2D eigenvalue weighted by molar-refractivity contribution is 0.186. The third kappa shape index (κ3) is 4.00. The van der Waals surface area contributed by atoms with Crippen molar-refractivity contribution < 1.29 is 13.6 Å². The summed E-state index contributed by atoms with van der Waals surface area (Å²) in [6.45, 7) is 2.59. The SMILES string of the molecule is O=C(NC1CCc2nnc(-c3ccc(F)cc3)n2C1)N1CCN(c2ncccc2F)CC1. The van der Waals surface area contributed by atoms with Crippen LogP contribution in [0.5, 0.6) is 0 Å². The van der Waals surface area contributed by atoms with Gasteiger partial charge in [0.1, 0.15) is 11.6 Å². The first-order valence-electron chi connectivity index (χ1n) is 10.7. The number of anilines is 1. The van der Waals surface area contributed by atoms with Crippen LogP contribution in [-0.4, -0.2) is 62.9 Å². The molecule has 8 nitrogen and oxygen atoms in total. The number of fused-ring (bicyclic) bond motifs is 1. The molecular formula is C22H23F2N7O. The summed E-state index contributed by atoms with van der Waals surface area (Å²) in [5, 5.41) is 11.6. The number of amides is 2. The van der Waals surface area contributed by atoms with Crippen LogP contribution in [0.4, 0.5) is 19.4 Å². The van der Waals surface area contributed by atoms with Gasteiger partial charge in [-0.1, -0.05) is 0 Å². The number of hydrogen-bond donors (Lipinski definition) is 1. The molecule has 2 aliphatic rings. The highest BCUT2D eigenvalue weighted by Gasteiger charge is 2.28. The van der Waals surface area contributed by atoms with E-state index in [9.17, 15) is 13.6 Å². The summed E-state index contributed by atoms with van der Waals surface area (Å²) in [7, 11) is 0. The molecule has 1 aromatic carbocycles. The molecule has 5 rings (SSSR count). The number of piperazine rings is 1. The van der Waals surface area contributed by atoms with Crippen LogP contribution in [-0.2, 0) is 13.0 Å². The van der Waals surface area contributed by atoms with Crippen LogP contribution in [0.2, 0.25) is 0 Å². The second-order valence-corrected chi connectivity index (χ2v) is 8.03. The van der Waals surface area contributed by atoms with E-state index in [1.165, 1.54) is 18.2 Å². The normalized spacial score (nSPS) is 18.4. The van der Waals surface area contributed by atoms with Crippen LogP contribution < -0.4 is 10.2 Å². The Kier molecular flexibility index (Phi) is 5.42. The van der Waals surface area contributed by atoms with E-state index >= 15 is 0 Å². The molecule has 32 heavy (non-hydrogen) atoms. The van der Waals surface area contributed by atoms with Crippen LogP contribution in [0.15, 0.2) is 42.6 Å². The van der Waals surface area contributed by atoms with E-state index in [0.29, 0.717) is 50.8 Å². The summed E-state index contributed by atoms with van der Waals surface area (Å²) in [5.74, 6) is 1.21. The Morgan fingerprint density at radius 1 is 1.03 bits per heavy atom. The van der Waals surface area contributed by atoms with Crippen LogP contribution in [0, 0.1) is 11.6 Å². The number of hydrogen-bond acceptors (Lipinski definition) is 5. The average molecular weight is 439 g/mol. The predicted octanol–water partition coefficient (Wildman–Crippen LogP) is 2.46. The van der Waals surface area contributed by atoms with Crippen LogP contribution in [0.3, 0.4) is 0 Å². The number of aromatic nitrogens is 4. The molecule has 1 unspecified atom stereocenters. The van der Waals surface area contributed by atoms with Crippen molar-refractivity contribution >= 4 is 11.8 Å². The highest BCUT2D eigenvalue weighted by atomic mass is 19.1. The molecule has 10 heteroatoms. The van der Waals surface area contributed by atoms with E-state index in [0.717, 1.165) is 17.8 Å². The third-order valence-corrected chi connectivity index (χ3v) is 5.98. The highest BCUT2D eigenvalue weighted by Crippen LogP contribution is 2.24. The molecule has 1 atom stereocenters. The number of rotatable bonds is 3. The number of nitrogens with one attached hydrogen (secondary N) is 1. The molecule has 3 aromatic rings. The van der Waals surface area contributed by atoms with Gasteiger partial charge in [-0.2, -0.15) is 0 Å². The van der Waals surface area contributed by atoms with Crippen molar-refractivity contribution in [3.8, 4) is 11.4 Å². The number of nitrogens with zero attached hydrogens (tertiary/aromatic N) is 6. The molecule has 0 radical (unpaired) electrons. The second kappa shape index (κ2) is 8.52. The molecule has 0 aliphatic carbocycles. The minimum atomic E-state index is -0.352. The van der Waals surface area contributed by atoms with Gasteiger partial charge in [0.25, 0.3) is 0 Å². The first-order chi connectivity index (χ1) is 15.6.